The van der Waals surface area contributed by atoms with Crippen molar-refractivity contribution in [1.29, 1.82) is 0 Å². The van der Waals surface area contributed by atoms with Crippen LogP contribution in [0.15, 0.2) is 57.7 Å². The number of fused-ring (bicyclic) bond motifs is 1. The summed E-state index contributed by atoms with van der Waals surface area (Å²) in [6, 6.07) is 14.9. The molecule has 154 valence electrons. The van der Waals surface area contributed by atoms with E-state index in [1.165, 1.54) is 0 Å². The zero-order chi connectivity index (χ0) is 20.5. The van der Waals surface area contributed by atoms with E-state index in [0.29, 0.717) is 31.1 Å². The van der Waals surface area contributed by atoms with E-state index in [4.69, 9.17) is 13.9 Å². The molecular formula is C22H21N3O5. The van der Waals surface area contributed by atoms with Crippen LogP contribution in [-0.4, -0.2) is 40.3 Å². The number of amides is 1. The van der Waals surface area contributed by atoms with Gasteiger partial charge in [-0.2, -0.15) is 4.68 Å². The Labute approximate surface area is 172 Å². The fraction of sp³-hybridized carbons (Fsp3) is 0.318. The summed E-state index contributed by atoms with van der Waals surface area (Å²) in [6.07, 6.45) is 1.75. The number of aromatic nitrogens is 2. The number of benzene rings is 2. The summed E-state index contributed by atoms with van der Waals surface area (Å²) < 4.78 is 17.6. The first-order valence-electron chi connectivity index (χ1n) is 10.0. The highest BCUT2D eigenvalue weighted by molar-refractivity contribution is 5.77. The number of hydrogen-bond acceptors (Lipinski definition) is 6. The molecule has 1 atom stereocenters. The van der Waals surface area contributed by atoms with Gasteiger partial charge in [0.2, 0.25) is 11.8 Å². The summed E-state index contributed by atoms with van der Waals surface area (Å²) in [5.74, 6) is 0.833. The molecule has 5 rings (SSSR count). The van der Waals surface area contributed by atoms with Crippen LogP contribution in [0.1, 0.15) is 24.4 Å². The first-order chi connectivity index (χ1) is 14.7. The molecule has 8 heteroatoms. The Kier molecular flexibility index (Phi) is 4.74. The smallest absolute Gasteiger partial charge is 0.437 e. The molecule has 2 aliphatic heterocycles. The normalized spacial score (nSPS) is 17.9. The minimum atomic E-state index is -0.641. The largest absolute Gasteiger partial charge is 0.486 e. The van der Waals surface area contributed by atoms with Gasteiger partial charge in [-0.15, -0.1) is 5.10 Å². The van der Waals surface area contributed by atoms with Crippen molar-refractivity contribution in [1.82, 2.24) is 14.7 Å². The lowest BCUT2D eigenvalue weighted by atomic mass is 10.0. The summed E-state index contributed by atoms with van der Waals surface area (Å²) in [7, 11) is 0. The third-order valence-corrected chi connectivity index (χ3v) is 5.44. The van der Waals surface area contributed by atoms with Crippen molar-refractivity contribution in [2.45, 2.75) is 25.4 Å². The van der Waals surface area contributed by atoms with Gasteiger partial charge in [0, 0.05) is 12.1 Å². The molecule has 0 bridgehead atoms. The Morgan fingerprint density at radius 2 is 1.87 bits per heavy atom. The van der Waals surface area contributed by atoms with E-state index in [2.05, 4.69) is 5.10 Å². The van der Waals surface area contributed by atoms with E-state index in [-0.39, 0.29) is 24.4 Å². The van der Waals surface area contributed by atoms with Crippen molar-refractivity contribution in [2.75, 3.05) is 19.8 Å². The molecule has 1 aromatic heterocycles. The molecule has 0 saturated carbocycles. The van der Waals surface area contributed by atoms with Crippen LogP contribution in [0.2, 0.25) is 0 Å². The Bertz CT molecular complexity index is 1120. The maximum Gasteiger partial charge on any atom is 0.437 e. The van der Waals surface area contributed by atoms with Crippen molar-refractivity contribution >= 4 is 5.91 Å². The number of likely N-dealkylation sites (tertiary alicyclic amines) is 1. The highest BCUT2D eigenvalue weighted by Gasteiger charge is 2.31. The molecule has 1 amide bonds. The maximum atomic E-state index is 13.0. The molecule has 2 aromatic carbocycles. The molecule has 3 heterocycles. The van der Waals surface area contributed by atoms with Crippen LogP contribution in [0.5, 0.6) is 11.5 Å². The third kappa shape index (κ3) is 3.45. The molecule has 8 nitrogen and oxygen atoms in total. The van der Waals surface area contributed by atoms with Crippen molar-refractivity contribution in [2.24, 2.45) is 0 Å². The van der Waals surface area contributed by atoms with Crippen molar-refractivity contribution in [3.63, 3.8) is 0 Å². The van der Waals surface area contributed by atoms with E-state index in [9.17, 15) is 9.59 Å². The Morgan fingerprint density at radius 1 is 1.07 bits per heavy atom. The van der Waals surface area contributed by atoms with E-state index >= 15 is 0 Å². The van der Waals surface area contributed by atoms with Crippen LogP contribution in [-0.2, 0) is 11.3 Å². The third-order valence-electron chi connectivity index (χ3n) is 5.44. The zero-order valence-corrected chi connectivity index (χ0v) is 16.3. The minimum Gasteiger partial charge on any atom is -0.486 e. The Hall–Kier alpha value is -3.55. The number of carbonyl (C=O) groups excluding carboxylic acids is 1. The standard InChI is InChI=1S/C22H21N3O5/c26-20(14-25-22(27)30-21(23-25)15-5-2-1-3-6-15)24-10-4-7-17(24)16-8-9-18-19(13-16)29-12-11-28-18/h1-3,5-6,8-9,13,17H,4,7,10-12,14H2/t17-/m0/s1. The van der Waals surface area contributed by atoms with Gasteiger partial charge in [0.25, 0.3) is 0 Å². The van der Waals surface area contributed by atoms with Crippen molar-refractivity contribution < 1.29 is 18.7 Å². The van der Waals surface area contributed by atoms with Crippen LogP contribution in [0, 0.1) is 0 Å². The van der Waals surface area contributed by atoms with Gasteiger partial charge >= 0.3 is 5.76 Å². The topological polar surface area (TPSA) is 86.8 Å². The van der Waals surface area contributed by atoms with Crippen LogP contribution in [0.4, 0.5) is 0 Å². The summed E-state index contributed by atoms with van der Waals surface area (Å²) in [5.41, 5.74) is 1.69. The van der Waals surface area contributed by atoms with Gasteiger partial charge in [0.05, 0.1) is 6.04 Å². The van der Waals surface area contributed by atoms with Gasteiger partial charge in [-0.1, -0.05) is 24.3 Å². The summed E-state index contributed by atoms with van der Waals surface area (Å²) >= 11 is 0. The number of hydrogen-bond donors (Lipinski definition) is 0. The van der Waals surface area contributed by atoms with E-state index in [1.54, 1.807) is 17.0 Å². The van der Waals surface area contributed by atoms with Gasteiger partial charge in [0.15, 0.2) is 11.5 Å². The molecule has 30 heavy (non-hydrogen) atoms. The number of nitrogens with zero attached hydrogens (tertiary/aromatic N) is 3. The second-order valence-electron chi connectivity index (χ2n) is 7.35. The summed E-state index contributed by atoms with van der Waals surface area (Å²) in [4.78, 5) is 27.0. The van der Waals surface area contributed by atoms with E-state index in [0.717, 1.165) is 28.8 Å². The molecule has 2 aliphatic rings. The van der Waals surface area contributed by atoms with Crippen molar-refractivity contribution in [3.05, 3.63) is 64.6 Å². The first-order valence-corrected chi connectivity index (χ1v) is 10.0. The highest BCUT2D eigenvalue weighted by atomic mass is 16.6. The molecule has 0 N–H and O–H groups in total. The summed E-state index contributed by atoms with van der Waals surface area (Å²) in [5, 5.41) is 4.20. The lowest BCUT2D eigenvalue weighted by molar-refractivity contribution is -0.133. The van der Waals surface area contributed by atoms with Crippen molar-refractivity contribution in [3.8, 4) is 23.0 Å². The molecule has 1 fully saturated rings. The zero-order valence-electron chi connectivity index (χ0n) is 16.3. The van der Waals surface area contributed by atoms with Gasteiger partial charge in [-0.3, -0.25) is 4.79 Å². The number of rotatable bonds is 4. The van der Waals surface area contributed by atoms with E-state index < -0.39 is 5.76 Å². The predicted octanol–water partition coefficient (Wildman–Crippen LogP) is 2.64. The van der Waals surface area contributed by atoms with Gasteiger partial charge in [0.1, 0.15) is 19.8 Å². The molecule has 1 saturated heterocycles. The Morgan fingerprint density at radius 3 is 2.70 bits per heavy atom. The molecular weight excluding hydrogens is 386 g/mol. The van der Waals surface area contributed by atoms with Crippen LogP contribution in [0.3, 0.4) is 0 Å². The predicted molar refractivity (Wildman–Crippen MR) is 107 cm³/mol. The molecule has 3 aromatic rings. The monoisotopic (exact) mass is 407 g/mol. The van der Waals surface area contributed by atoms with Gasteiger partial charge < -0.3 is 18.8 Å². The molecule has 0 unspecified atom stereocenters. The quantitative estimate of drug-likeness (QED) is 0.661. The summed E-state index contributed by atoms with van der Waals surface area (Å²) in [6.45, 7) is 1.53. The van der Waals surface area contributed by atoms with Gasteiger partial charge in [-0.25, -0.2) is 4.79 Å². The fourth-order valence-electron chi connectivity index (χ4n) is 4.00. The average Bonchev–Trinajstić information content (AvgIpc) is 3.41. The lowest BCUT2D eigenvalue weighted by Gasteiger charge is -2.26. The second kappa shape index (κ2) is 7.70. The first kappa shape index (κ1) is 18.5. The molecule has 0 spiro atoms. The fourth-order valence-corrected chi connectivity index (χ4v) is 4.00. The number of ether oxygens (including phenoxy) is 2. The maximum absolute atomic E-state index is 13.0. The molecule has 0 radical (unpaired) electrons. The van der Waals surface area contributed by atoms with Crippen LogP contribution >= 0.6 is 0 Å². The number of carbonyl (C=O) groups is 1. The minimum absolute atomic E-state index is 0.0653. The van der Waals surface area contributed by atoms with Gasteiger partial charge in [-0.05, 0) is 42.7 Å². The van der Waals surface area contributed by atoms with Crippen LogP contribution in [0.25, 0.3) is 11.5 Å². The SMILES string of the molecule is O=C(Cn1nc(-c2ccccc2)oc1=O)N1CCC[C@H]1c1ccc2c(c1)OCCO2. The average molecular weight is 407 g/mol. The van der Waals surface area contributed by atoms with E-state index in [1.807, 2.05) is 36.4 Å². The highest BCUT2D eigenvalue weighted by Crippen LogP contribution is 2.38. The Balaban J connectivity index is 1.35. The lowest BCUT2D eigenvalue weighted by Crippen LogP contribution is -2.35. The molecule has 0 aliphatic carbocycles. The van der Waals surface area contributed by atoms with Crippen LogP contribution < -0.4 is 15.2 Å². The second-order valence-corrected chi connectivity index (χ2v) is 7.35.